The summed E-state index contributed by atoms with van der Waals surface area (Å²) in [6.07, 6.45) is 0.482. The number of benzene rings is 2. The molecule has 1 heterocycles. The summed E-state index contributed by atoms with van der Waals surface area (Å²) in [6.45, 7) is 1.24. The maximum atomic E-state index is 12.1. The van der Waals surface area contributed by atoms with Gasteiger partial charge in [0.05, 0.1) is 6.54 Å². The van der Waals surface area contributed by atoms with Crippen molar-refractivity contribution in [1.82, 2.24) is 10.2 Å². The van der Waals surface area contributed by atoms with Crippen LogP contribution in [0.4, 0.5) is 0 Å². The van der Waals surface area contributed by atoms with Crippen LogP contribution in [0.5, 0.6) is 0 Å². The van der Waals surface area contributed by atoms with Gasteiger partial charge in [-0.25, -0.2) is 0 Å². The Morgan fingerprint density at radius 1 is 1.04 bits per heavy atom. The number of hydrogen-bond acceptors (Lipinski definition) is 2. The van der Waals surface area contributed by atoms with E-state index in [4.69, 9.17) is 0 Å². The van der Waals surface area contributed by atoms with Gasteiger partial charge in [-0.3, -0.25) is 9.59 Å². The highest BCUT2D eigenvalue weighted by Crippen LogP contribution is 2.27. The third-order valence-corrected chi connectivity index (χ3v) is 4.15. The molecule has 1 fully saturated rings. The standard InChI is InChI=1S/C19H20N2O2/c22-18(20-12-15-7-3-1-4-8-15)14-21-13-17(11-19(21)23)16-9-5-2-6-10-16/h1-10,17H,11-14H2,(H,20,22). The molecular weight excluding hydrogens is 288 g/mol. The number of carbonyl (C=O) groups is 2. The fourth-order valence-corrected chi connectivity index (χ4v) is 2.90. The van der Waals surface area contributed by atoms with Crippen molar-refractivity contribution in [2.45, 2.75) is 18.9 Å². The normalized spacial score (nSPS) is 17.3. The lowest BCUT2D eigenvalue weighted by molar-refractivity contribution is -0.133. The van der Waals surface area contributed by atoms with Gasteiger partial charge in [0.25, 0.3) is 0 Å². The molecule has 1 saturated heterocycles. The lowest BCUT2D eigenvalue weighted by atomic mass is 9.99. The summed E-state index contributed by atoms with van der Waals surface area (Å²) in [5.41, 5.74) is 2.21. The van der Waals surface area contributed by atoms with E-state index in [1.54, 1.807) is 4.90 Å². The Kier molecular flexibility index (Phi) is 4.71. The highest BCUT2D eigenvalue weighted by Gasteiger charge is 2.31. The quantitative estimate of drug-likeness (QED) is 0.921. The molecule has 3 rings (SSSR count). The van der Waals surface area contributed by atoms with Crippen LogP contribution in [0.2, 0.25) is 0 Å². The Labute approximate surface area is 136 Å². The number of nitrogens with one attached hydrogen (secondary N) is 1. The van der Waals surface area contributed by atoms with Crippen LogP contribution in [0.3, 0.4) is 0 Å². The predicted molar refractivity (Wildman–Crippen MR) is 88.7 cm³/mol. The molecule has 2 amide bonds. The highest BCUT2D eigenvalue weighted by molar-refractivity contribution is 5.86. The Morgan fingerprint density at radius 3 is 2.39 bits per heavy atom. The molecule has 4 nitrogen and oxygen atoms in total. The zero-order valence-corrected chi connectivity index (χ0v) is 12.9. The molecule has 1 atom stereocenters. The van der Waals surface area contributed by atoms with E-state index in [0.29, 0.717) is 19.5 Å². The number of carbonyl (C=O) groups excluding carboxylic acids is 2. The van der Waals surface area contributed by atoms with Gasteiger partial charge in [-0.15, -0.1) is 0 Å². The topological polar surface area (TPSA) is 49.4 Å². The molecule has 118 valence electrons. The average Bonchev–Trinajstić information content (AvgIpc) is 2.95. The smallest absolute Gasteiger partial charge is 0.239 e. The molecule has 0 spiro atoms. The summed E-state index contributed by atoms with van der Waals surface area (Å²) in [6, 6.07) is 19.8. The summed E-state index contributed by atoms with van der Waals surface area (Å²) < 4.78 is 0. The zero-order chi connectivity index (χ0) is 16.1. The third kappa shape index (κ3) is 3.97. The molecule has 2 aromatic carbocycles. The van der Waals surface area contributed by atoms with Gasteiger partial charge < -0.3 is 10.2 Å². The van der Waals surface area contributed by atoms with Crippen LogP contribution in [-0.2, 0) is 16.1 Å². The van der Waals surface area contributed by atoms with Crippen LogP contribution in [0.15, 0.2) is 60.7 Å². The fourth-order valence-electron chi connectivity index (χ4n) is 2.90. The minimum atomic E-state index is -0.115. The predicted octanol–water partition coefficient (Wildman–Crippen LogP) is 2.32. The number of likely N-dealkylation sites (tertiary alicyclic amines) is 1. The van der Waals surface area contributed by atoms with Crippen LogP contribution < -0.4 is 5.32 Å². The van der Waals surface area contributed by atoms with Crippen molar-refractivity contribution in [2.75, 3.05) is 13.1 Å². The van der Waals surface area contributed by atoms with Crippen molar-refractivity contribution in [1.29, 1.82) is 0 Å². The minimum Gasteiger partial charge on any atom is -0.350 e. The van der Waals surface area contributed by atoms with Gasteiger partial charge in [-0.05, 0) is 11.1 Å². The Hall–Kier alpha value is -2.62. The van der Waals surface area contributed by atoms with Gasteiger partial charge in [-0.1, -0.05) is 60.7 Å². The van der Waals surface area contributed by atoms with Crippen molar-refractivity contribution in [3.05, 3.63) is 71.8 Å². The van der Waals surface area contributed by atoms with E-state index in [1.165, 1.54) is 0 Å². The second kappa shape index (κ2) is 7.09. The SMILES string of the molecule is O=C(CN1CC(c2ccccc2)CC1=O)NCc1ccccc1. The van der Waals surface area contributed by atoms with Crippen LogP contribution >= 0.6 is 0 Å². The molecule has 0 saturated carbocycles. The molecule has 23 heavy (non-hydrogen) atoms. The first-order valence-corrected chi connectivity index (χ1v) is 7.86. The Morgan fingerprint density at radius 2 is 1.70 bits per heavy atom. The fraction of sp³-hybridized carbons (Fsp3) is 0.263. The maximum Gasteiger partial charge on any atom is 0.239 e. The van der Waals surface area contributed by atoms with Gasteiger partial charge >= 0.3 is 0 Å². The number of hydrogen-bond donors (Lipinski definition) is 1. The number of amides is 2. The van der Waals surface area contributed by atoms with Crippen molar-refractivity contribution < 1.29 is 9.59 Å². The maximum absolute atomic E-state index is 12.1. The molecule has 4 heteroatoms. The van der Waals surface area contributed by atoms with Crippen molar-refractivity contribution >= 4 is 11.8 Å². The van der Waals surface area contributed by atoms with Crippen LogP contribution in [0.1, 0.15) is 23.5 Å². The summed E-state index contributed by atoms with van der Waals surface area (Å²) in [7, 11) is 0. The van der Waals surface area contributed by atoms with Crippen LogP contribution in [0.25, 0.3) is 0 Å². The molecule has 0 bridgehead atoms. The summed E-state index contributed by atoms with van der Waals surface area (Å²) in [4.78, 5) is 25.8. The Balaban J connectivity index is 1.52. The van der Waals surface area contributed by atoms with Crippen LogP contribution in [-0.4, -0.2) is 29.8 Å². The molecule has 1 N–H and O–H groups in total. The van der Waals surface area contributed by atoms with Gasteiger partial charge in [-0.2, -0.15) is 0 Å². The first kappa shape index (κ1) is 15.3. The Bertz CT molecular complexity index is 670. The van der Waals surface area contributed by atoms with Crippen LogP contribution in [0, 0.1) is 0 Å². The molecule has 1 aliphatic rings. The lowest BCUT2D eigenvalue weighted by Crippen LogP contribution is -2.37. The van der Waals surface area contributed by atoms with Gasteiger partial charge in [0.1, 0.15) is 0 Å². The van der Waals surface area contributed by atoms with Crippen molar-refractivity contribution in [3.8, 4) is 0 Å². The summed E-state index contributed by atoms with van der Waals surface area (Å²) >= 11 is 0. The van der Waals surface area contributed by atoms with Gasteiger partial charge in [0, 0.05) is 25.4 Å². The molecule has 2 aromatic rings. The highest BCUT2D eigenvalue weighted by atomic mass is 16.2. The minimum absolute atomic E-state index is 0.0497. The monoisotopic (exact) mass is 308 g/mol. The first-order chi connectivity index (χ1) is 11.2. The average molecular weight is 308 g/mol. The van der Waals surface area contributed by atoms with E-state index in [-0.39, 0.29) is 24.3 Å². The molecule has 0 aromatic heterocycles. The second-order valence-electron chi connectivity index (χ2n) is 5.85. The lowest BCUT2D eigenvalue weighted by Gasteiger charge is -2.16. The van der Waals surface area contributed by atoms with E-state index < -0.39 is 0 Å². The zero-order valence-electron chi connectivity index (χ0n) is 12.9. The third-order valence-electron chi connectivity index (χ3n) is 4.15. The molecule has 0 aliphatic carbocycles. The second-order valence-corrected chi connectivity index (χ2v) is 5.85. The van der Waals surface area contributed by atoms with E-state index in [9.17, 15) is 9.59 Å². The molecule has 1 aliphatic heterocycles. The van der Waals surface area contributed by atoms with Gasteiger partial charge in [0.15, 0.2) is 0 Å². The molecular formula is C19H20N2O2. The number of nitrogens with zero attached hydrogens (tertiary/aromatic N) is 1. The van der Waals surface area contributed by atoms with E-state index >= 15 is 0 Å². The van der Waals surface area contributed by atoms with E-state index in [0.717, 1.165) is 11.1 Å². The summed E-state index contributed by atoms with van der Waals surface area (Å²) in [5.74, 6) is 0.121. The number of rotatable bonds is 5. The summed E-state index contributed by atoms with van der Waals surface area (Å²) in [5, 5.41) is 2.87. The van der Waals surface area contributed by atoms with Crippen molar-refractivity contribution in [2.24, 2.45) is 0 Å². The molecule has 0 radical (unpaired) electrons. The molecule has 1 unspecified atom stereocenters. The van der Waals surface area contributed by atoms with Crippen molar-refractivity contribution in [3.63, 3.8) is 0 Å². The first-order valence-electron chi connectivity index (χ1n) is 7.86. The van der Waals surface area contributed by atoms with Gasteiger partial charge in [0.2, 0.25) is 11.8 Å². The van der Waals surface area contributed by atoms with E-state index in [2.05, 4.69) is 5.32 Å². The van der Waals surface area contributed by atoms with E-state index in [1.807, 2.05) is 60.7 Å². The largest absolute Gasteiger partial charge is 0.350 e.